The van der Waals surface area contributed by atoms with E-state index in [1.807, 2.05) is 0 Å². The van der Waals surface area contributed by atoms with Gasteiger partial charge in [0.2, 0.25) is 0 Å². The molecule has 1 aliphatic carbocycles. The molecule has 114 valence electrons. The molecule has 2 N–H and O–H groups in total. The Labute approximate surface area is 126 Å². The maximum absolute atomic E-state index is 11.7. The molecule has 1 aromatic heterocycles. The fraction of sp³-hybridized carbons (Fsp3) is 0.333. The molecule has 2 aromatic rings. The van der Waals surface area contributed by atoms with Crippen LogP contribution in [0.3, 0.4) is 0 Å². The van der Waals surface area contributed by atoms with Gasteiger partial charge in [0.25, 0.3) is 0 Å². The Bertz CT molecular complexity index is 707. The molecule has 0 aliphatic heterocycles. The highest BCUT2D eigenvalue weighted by molar-refractivity contribution is 5.87. The number of carboxylic acids is 2. The Morgan fingerprint density at radius 1 is 1.18 bits per heavy atom. The highest BCUT2D eigenvalue weighted by Gasteiger charge is 2.35. The van der Waals surface area contributed by atoms with E-state index in [4.69, 9.17) is 0 Å². The standard InChI is InChI=1S/C15H15N3O4/c19-14(20)11-12(9-7-4-8-9)18(17-16-11)13(15(21)22)10-5-2-1-3-6-10/h1-3,5-6,9,13H,4,7-8H2,(H,19,20)(H,21,22). The Kier molecular flexibility index (Phi) is 3.62. The van der Waals surface area contributed by atoms with E-state index < -0.39 is 18.0 Å². The van der Waals surface area contributed by atoms with Crippen molar-refractivity contribution in [2.75, 3.05) is 0 Å². The predicted octanol–water partition coefficient (Wildman–Crippen LogP) is 1.92. The van der Waals surface area contributed by atoms with Crippen molar-refractivity contribution >= 4 is 11.9 Å². The van der Waals surface area contributed by atoms with Crippen molar-refractivity contribution in [1.29, 1.82) is 0 Å². The van der Waals surface area contributed by atoms with E-state index in [1.165, 1.54) is 4.68 Å². The summed E-state index contributed by atoms with van der Waals surface area (Å²) in [6.07, 6.45) is 2.65. The average molecular weight is 301 g/mol. The minimum atomic E-state index is -1.18. The molecule has 0 saturated heterocycles. The minimum absolute atomic E-state index is 0.00617. The summed E-state index contributed by atoms with van der Waals surface area (Å²) in [5, 5.41) is 26.4. The second kappa shape index (κ2) is 5.59. The molecule has 0 spiro atoms. The molecule has 1 fully saturated rings. The number of hydrogen-bond donors (Lipinski definition) is 2. The molecule has 7 heteroatoms. The molecule has 1 unspecified atom stereocenters. The molecule has 1 heterocycles. The van der Waals surface area contributed by atoms with Crippen molar-refractivity contribution in [3.63, 3.8) is 0 Å². The zero-order valence-electron chi connectivity index (χ0n) is 11.7. The molecule has 3 rings (SSSR count). The molecule has 1 aliphatic rings. The third-order valence-corrected chi connectivity index (χ3v) is 4.02. The monoisotopic (exact) mass is 301 g/mol. The normalized spacial score (nSPS) is 16.0. The summed E-state index contributed by atoms with van der Waals surface area (Å²) in [4.78, 5) is 23.1. The number of rotatable bonds is 5. The number of carboxylic acid groups (broad SMARTS) is 2. The molecule has 0 radical (unpaired) electrons. The number of aliphatic carboxylic acids is 1. The van der Waals surface area contributed by atoms with Crippen LogP contribution in [-0.2, 0) is 4.79 Å². The molecule has 1 aromatic carbocycles. The Morgan fingerprint density at radius 2 is 1.86 bits per heavy atom. The maximum Gasteiger partial charge on any atom is 0.358 e. The van der Waals surface area contributed by atoms with E-state index in [2.05, 4.69) is 10.3 Å². The number of aromatic carboxylic acids is 1. The summed E-state index contributed by atoms with van der Waals surface area (Å²) >= 11 is 0. The fourth-order valence-electron chi connectivity index (χ4n) is 2.73. The molecule has 1 atom stereocenters. The summed E-state index contributed by atoms with van der Waals surface area (Å²) < 4.78 is 1.25. The smallest absolute Gasteiger partial charge is 0.358 e. The summed E-state index contributed by atoms with van der Waals surface area (Å²) in [5.74, 6) is -2.26. The van der Waals surface area contributed by atoms with Gasteiger partial charge < -0.3 is 10.2 Å². The first kappa shape index (κ1) is 14.2. The van der Waals surface area contributed by atoms with Gasteiger partial charge in [-0.05, 0) is 18.4 Å². The average Bonchev–Trinajstić information content (AvgIpc) is 2.82. The summed E-state index contributed by atoms with van der Waals surface area (Å²) in [6, 6.07) is 7.57. The molecule has 0 bridgehead atoms. The van der Waals surface area contributed by atoms with Crippen LogP contribution >= 0.6 is 0 Å². The van der Waals surface area contributed by atoms with Crippen molar-refractivity contribution in [1.82, 2.24) is 15.0 Å². The first-order valence-electron chi connectivity index (χ1n) is 7.05. The van der Waals surface area contributed by atoms with Crippen molar-refractivity contribution in [2.24, 2.45) is 0 Å². The summed E-state index contributed by atoms with van der Waals surface area (Å²) in [5.41, 5.74) is 0.805. The quantitative estimate of drug-likeness (QED) is 0.874. The molecule has 1 saturated carbocycles. The topological polar surface area (TPSA) is 105 Å². The van der Waals surface area contributed by atoms with Crippen molar-refractivity contribution in [3.8, 4) is 0 Å². The lowest BCUT2D eigenvalue weighted by Gasteiger charge is -2.27. The highest BCUT2D eigenvalue weighted by Crippen LogP contribution is 2.39. The maximum atomic E-state index is 11.7. The molecular weight excluding hydrogens is 286 g/mol. The SMILES string of the molecule is O=C(O)c1nnn(C(C(=O)O)c2ccccc2)c1C1CCC1. The lowest BCUT2D eigenvalue weighted by atomic mass is 9.81. The number of carbonyl (C=O) groups is 2. The van der Waals surface area contributed by atoms with Crippen LogP contribution in [-0.4, -0.2) is 37.1 Å². The second-order valence-corrected chi connectivity index (χ2v) is 5.35. The van der Waals surface area contributed by atoms with E-state index in [0.717, 1.165) is 19.3 Å². The zero-order chi connectivity index (χ0) is 15.7. The number of nitrogens with zero attached hydrogens (tertiary/aromatic N) is 3. The van der Waals surface area contributed by atoms with E-state index in [1.54, 1.807) is 30.3 Å². The largest absolute Gasteiger partial charge is 0.479 e. The summed E-state index contributed by atoms with van der Waals surface area (Å²) in [7, 11) is 0. The highest BCUT2D eigenvalue weighted by atomic mass is 16.4. The Hall–Kier alpha value is -2.70. The van der Waals surface area contributed by atoms with E-state index in [0.29, 0.717) is 11.3 Å². The van der Waals surface area contributed by atoms with Gasteiger partial charge in [-0.3, -0.25) is 0 Å². The third-order valence-electron chi connectivity index (χ3n) is 4.02. The lowest BCUT2D eigenvalue weighted by Crippen LogP contribution is -2.26. The van der Waals surface area contributed by atoms with Gasteiger partial charge in [0, 0.05) is 5.92 Å². The molecule has 0 amide bonds. The van der Waals surface area contributed by atoms with Gasteiger partial charge in [-0.25, -0.2) is 14.3 Å². The first-order chi connectivity index (χ1) is 10.6. The van der Waals surface area contributed by atoms with E-state index in [9.17, 15) is 19.8 Å². The van der Waals surface area contributed by atoms with Gasteiger partial charge in [0.05, 0.1) is 5.69 Å². The van der Waals surface area contributed by atoms with Gasteiger partial charge in [0.15, 0.2) is 11.7 Å². The van der Waals surface area contributed by atoms with Crippen LogP contribution in [0.15, 0.2) is 30.3 Å². The van der Waals surface area contributed by atoms with Crippen LogP contribution in [0.25, 0.3) is 0 Å². The van der Waals surface area contributed by atoms with Gasteiger partial charge in [0.1, 0.15) is 0 Å². The summed E-state index contributed by atoms with van der Waals surface area (Å²) in [6.45, 7) is 0. The van der Waals surface area contributed by atoms with E-state index in [-0.39, 0.29) is 11.6 Å². The number of hydrogen-bond acceptors (Lipinski definition) is 4. The Morgan fingerprint density at radius 3 is 2.36 bits per heavy atom. The van der Waals surface area contributed by atoms with Gasteiger partial charge in [-0.2, -0.15) is 0 Å². The van der Waals surface area contributed by atoms with Crippen LogP contribution in [0.5, 0.6) is 0 Å². The van der Waals surface area contributed by atoms with Crippen LogP contribution in [0.1, 0.15) is 53.0 Å². The van der Waals surface area contributed by atoms with Crippen LogP contribution in [0.2, 0.25) is 0 Å². The molecule has 22 heavy (non-hydrogen) atoms. The predicted molar refractivity (Wildman–Crippen MR) is 75.8 cm³/mol. The molecular formula is C15H15N3O4. The van der Waals surface area contributed by atoms with Crippen molar-refractivity contribution < 1.29 is 19.8 Å². The second-order valence-electron chi connectivity index (χ2n) is 5.35. The van der Waals surface area contributed by atoms with Crippen molar-refractivity contribution in [3.05, 3.63) is 47.3 Å². The third kappa shape index (κ3) is 2.34. The van der Waals surface area contributed by atoms with Crippen LogP contribution in [0.4, 0.5) is 0 Å². The van der Waals surface area contributed by atoms with Crippen LogP contribution < -0.4 is 0 Å². The van der Waals surface area contributed by atoms with Gasteiger partial charge in [-0.1, -0.05) is 42.0 Å². The van der Waals surface area contributed by atoms with Gasteiger partial charge in [-0.15, -0.1) is 5.10 Å². The first-order valence-corrected chi connectivity index (χ1v) is 7.05. The van der Waals surface area contributed by atoms with Crippen LogP contribution in [0, 0.1) is 0 Å². The minimum Gasteiger partial charge on any atom is -0.479 e. The lowest BCUT2D eigenvalue weighted by molar-refractivity contribution is -0.140. The fourth-order valence-corrected chi connectivity index (χ4v) is 2.73. The van der Waals surface area contributed by atoms with Crippen molar-refractivity contribution in [2.45, 2.75) is 31.2 Å². The molecule has 7 nitrogen and oxygen atoms in total. The Balaban J connectivity index is 2.12. The zero-order valence-corrected chi connectivity index (χ0v) is 11.7. The number of benzene rings is 1. The van der Waals surface area contributed by atoms with Gasteiger partial charge >= 0.3 is 11.9 Å². The number of aromatic nitrogens is 3. The van der Waals surface area contributed by atoms with E-state index >= 15 is 0 Å².